The molecule has 1 aliphatic carbocycles. The van der Waals surface area contributed by atoms with E-state index < -0.39 is 0 Å². The SMILES string of the molecule is CC1CC1C(=O)N1CCCC(c2nnc3ccccn23)C1. The average Bonchev–Trinajstić information content (AvgIpc) is 3.10. The van der Waals surface area contributed by atoms with E-state index >= 15 is 0 Å². The molecule has 0 aromatic carbocycles. The molecule has 3 heterocycles. The van der Waals surface area contributed by atoms with E-state index in [-0.39, 0.29) is 5.92 Å². The zero-order chi connectivity index (χ0) is 14.4. The molecule has 2 fully saturated rings. The first kappa shape index (κ1) is 12.8. The van der Waals surface area contributed by atoms with Gasteiger partial charge in [-0.3, -0.25) is 9.20 Å². The van der Waals surface area contributed by atoms with E-state index in [9.17, 15) is 4.79 Å². The fourth-order valence-electron chi connectivity index (χ4n) is 3.43. The quantitative estimate of drug-likeness (QED) is 0.848. The van der Waals surface area contributed by atoms with Crippen molar-refractivity contribution in [3.05, 3.63) is 30.2 Å². The predicted octanol–water partition coefficient (Wildman–Crippen LogP) is 2.09. The molecule has 4 rings (SSSR count). The number of nitrogens with zero attached hydrogens (tertiary/aromatic N) is 4. The van der Waals surface area contributed by atoms with E-state index in [0.717, 1.165) is 43.8 Å². The third-order valence-electron chi connectivity index (χ3n) is 4.86. The molecule has 2 aromatic heterocycles. The number of aromatic nitrogens is 3. The zero-order valence-electron chi connectivity index (χ0n) is 12.3. The van der Waals surface area contributed by atoms with Gasteiger partial charge in [0.05, 0.1) is 0 Å². The van der Waals surface area contributed by atoms with Crippen molar-refractivity contribution in [2.45, 2.75) is 32.1 Å². The maximum absolute atomic E-state index is 12.4. The van der Waals surface area contributed by atoms with Crippen molar-refractivity contribution in [2.24, 2.45) is 11.8 Å². The van der Waals surface area contributed by atoms with E-state index in [1.165, 1.54) is 0 Å². The lowest BCUT2D eigenvalue weighted by molar-refractivity contribution is -0.134. The van der Waals surface area contributed by atoms with Gasteiger partial charge >= 0.3 is 0 Å². The summed E-state index contributed by atoms with van der Waals surface area (Å²) in [7, 11) is 0. The fourth-order valence-corrected chi connectivity index (χ4v) is 3.43. The molecule has 21 heavy (non-hydrogen) atoms. The van der Waals surface area contributed by atoms with Gasteiger partial charge in [0.2, 0.25) is 5.91 Å². The van der Waals surface area contributed by atoms with E-state index in [1.54, 1.807) is 0 Å². The molecular formula is C16H20N4O. The molecule has 110 valence electrons. The molecule has 0 radical (unpaired) electrons. The largest absolute Gasteiger partial charge is 0.342 e. The van der Waals surface area contributed by atoms with Crippen molar-refractivity contribution in [3.8, 4) is 0 Å². The zero-order valence-corrected chi connectivity index (χ0v) is 12.3. The molecule has 0 N–H and O–H groups in total. The number of piperidine rings is 1. The number of carbonyl (C=O) groups is 1. The second-order valence-corrected chi connectivity index (χ2v) is 6.43. The summed E-state index contributed by atoms with van der Waals surface area (Å²) >= 11 is 0. The van der Waals surface area contributed by atoms with Gasteiger partial charge in [-0.05, 0) is 37.3 Å². The minimum absolute atomic E-state index is 0.277. The van der Waals surface area contributed by atoms with Crippen molar-refractivity contribution >= 4 is 11.6 Å². The van der Waals surface area contributed by atoms with E-state index in [4.69, 9.17) is 0 Å². The van der Waals surface area contributed by atoms with Gasteiger partial charge in [-0.25, -0.2) is 0 Å². The Balaban J connectivity index is 1.56. The van der Waals surface area contributed by atoms with Crippen molar-refractivity contribution in [3.63, 3.8) is 0 Å². The third kappa shape index (κ3) is 2.20. The lowest BCUT2D eigenvalue weighted by Crippen LogP contribution is -2.40. The first-order valence-corrected chi connectivity index (χ1v) is 7.82. The summed E-state index contributed by atoms with van der Waals surface area (Å²) in [5.41, 5.74) is 0.881. The van der Waals surface area contributed by atoms with Crippen LogP contribution in [-0.4, -0.2) is 38.5 Å². The minimum Gasteiger partial charge on any atom is -0.342 e. The number of amides is 1. The molecule has 3 unspecified atom stereocenters. The van der Waals surface area contributed by atoms with Gasteiger partial charge in [-0.2, -0.15) is 0 Å². The van der Waals surface area contributed by atoms with E-state index in [0.29, 0.717) is 17.7 Å². The van der Waals surface area contributed by atoms with E-state index in [1.807, 2.05) is 29.3 Å². The minimum atomic E-state index is 0.277. The standard InChI is InChI=1S/C16H20N4O/c1-11-9-13(11)16(21)19-7-4-5-12(10-19)15-18-17-14-6-2-3-8-20(14)15/h2-3,6,8,11-13H,4-5,7,9-10H2,1H3. The molecule has 1 aliphatic heterocycles. The molecule has 5 nitrogen and oxygen atoms in total. The molecular weight excluding hydrogens is 264 g/mol. The molecule has 3 atom stereocenters. The van der Waals surface area contributed by atoms with Crippen LogP contribution >= 0.6 is 0 Å². The highest BCUT2D eigenvalue weighted by atomic mass is 16.2. The maximum Gasteiger partial charge on any atom is 0.225 e. The Labute approximate surface area is 124 Å². The topological polar surface area (TPSA) is 50.5 Å². The lowest BCUT2D eigenvalue weighted by Gasteiger charge is -2.32. The fraction of sp³-hybridized carbons (Fsp3) is 0.562. The number of rotatable bonds is 2. The van der Waals surface area contributed by atoms with E-state index in [2.05, 4.69) is 21.5 Å². The van der Waals surface area contributed by atoms with Gasteiger partial charge in [0, 0.05) is 31.1 Å². The summed E-state index contributed by atoms with van der Waals surface area (Å²) in [6.07, 6.45) is 5.21. The van der Waals surface area contributed by atoms with Crippen LogP contribution in [0.5, 0.6) is 0 Å². The van der Waals surface area contributed by atoms with Crippen LogP contribution in [0.4, 0.5) is 0 Å². The van der Waals surface area contributed by atoms with Crippen LogP contribution in [0.1, 0.15) is 37.9 Å². The van der Waals surface area contributed by atoms with Gasteiger partial charge in [0.15, 0.2) is 5.65 Å². The molecule has 0 bridgehead atoms. The smallest absolute Gasteiger partial charge is 0.225 e. The highest BCUT2D eigenvalue weighted by molar-refractivity contribution is 5.81. The summed E-state index contributed by atoms with van der Waals surface area (Å²) in [5.74, 6) is 2.49. The van der Waals surface area contributed by atoms with Gasteiger partial charge in [0.25, 0.3) is 0 Å². The van der Waals surface area contributed by atoms with Crippen LogP contribution < -0.4 is 0 Å². The molecule has 0 spiro atoms. The summed E-state index contributed by atoms with van der Waals surface area (Å²) in [6, 6.07) is 5.94. The van der Waals surface area contributed by atoms with Crippen LogP contribution in [0.2, 0.25) is 0 Å². The lowest BCUT2D eigenvalue weighted by atomic mass is 9.96. The van der Waals surface area contributed by atoms with Crippen molar-refractivity contribution in [1.29, 1.82) is 0 Å². The predicted molar refractivity (Wildman–Crippen MR) is 78.8 cm³/mol. The number of hydrogen-bond acceptors (Lipinski definition) is 3. The maximum atomic E-state index is 12.4. The van der Waals surface area contributed by atoms with Gasteiger partial charge in [-0.1, -0.05) is 13.0 Å². The van der Waals surface area contributed by atoms with Crippen molar-refractivity contribution in [2.75, 3.05) is 13.1 Å². The first-order chi connectivity index (χ1) is 10.2. The number of hydrogen-bond donors (Lipinski definition) is 0. The number of pyridine rings is 1. The van der Waals surface area contributed by atoms with Gasteiger partial charge in [-0.15, -0.1) is 10.2 Å². The van der Waals surface area contributed by atoms with Crippen LogP contribution in [0.3, 0.4) is 0 Å². The van der Waals surface area contributed by atoms with Crippen molar-refractivity contribution in [1.82, 2.24) is 19.5 Å². The average molecular weight is 284 g/mol. The number of carbonyl (C=O) groups excluding carboxylic acids is 1. The van der Waals surface area contributed by atoms with Crippen LogP contribution in [0.25, 0.3) is 5.65 Å². The second kappa shape index (κ2) is 4.83. The Morgan fingerprint density at radius 1 is 1.33 bits per heavy atom. The molecule has 1 saturated carbocycles. The van der Waals surface area contributed by atoms with Crippen LogP contribution in [0, 0.1) is 11.8 Å². The van der Waals surface area contributed by atoms with Crippen molar-refractivity contribution < 1.29 is 4.79 Å². The highest BCUT2D eigenvalue weighted by Crippen LogP contribution is 2.40. The molecule has 5 heteroatoms. The number of likely N-dealkylation sites (tertiary alicyclic amines) is 1. The molecule has 1 saturated heterocycles. The molecule has 2 aliphatic rings. The second-order valence-electron chi connectivity index (χ2n) is 6.43. The number of fused-ring (bicyclic) bond motifs is 1. The summed E-state index contributed by atoms with van der Waals surface area (Å²) in [6.45, 7) is 3.85. The highest BCUT2D eigenvalue weighted by Gasteiger charge is 2.42. The Hall–Kier alpha value is -1.91. The summed E-state index contributed by atoms with van der Waals surface area (Å²) < 4.78 is 2.05. The van der Waals surface area contributed by atoms with Crippen LogP contribution in [-0.2, 0) is 4.79 Å². The van der Waals surface area contributed by atoms with Gasteiger partial charge in [0.1, 0.15) is 5.82 Å². The Bertz CT molecular complexity index is 680. The Morgan fingerprint density at radius 3 is 3.00 bits per heavy atom. The molecule has 1 amide bonds. The third-order valence-corrected chi connectivity index (χ3v) is 4.86. The molecule has 2 aromatic rings. The Morgan fingerprint density at radius 2 is 2.19 bits per heavy atom. The monoisotopic (exact) mass is 284 g/mol. The van der Waals surface area contributed by atoms with Gasteiger partial charge < -0.3 is 4.90 Å². The normalized spacial score (nSPS) is 28.8. The first-order valence-electron chi connectivity index (χ1n) is 7.82. The summed E-state index contributed by atoms with van der Waals surface area (Å²) in [5, 5.41) is 8.60. The summed E-state index contributed by atoms with van der Waals surface area (Å²) in [4.78, 5) is 14.5. The van der Waals surface area contributed by atoms with Crippen LogP contribution in [0.15, 0.2) is 24.4 Å². The Kier molecular flexibility index (Phi) is 2.94.